The van der Waals surface area contributed by atoms with E-state index in [9.17, 15) is 5.11 Å². The third-order valence-electron chi connectivity index (χ3n) is 4.24. The summed E-state index contributed by atoms with van der Waals surface area (Å²) in [6.07, 6.45) is 1.79. The van der Waals surface area contributed by atoms with Crippen LogP contribution in [0.15, 0.2) is 6.20 Å². The van der Waals surface area contributed by atoms with Crippen LogP contribution in [0, 0.1) is 11.5 Å². The molecule has 1 heterocycles. The molecule has 3 nitrogen and oxygen atoms in total. The lowest BCUT2D eigenvalue weighted by Gasteiger charge is -2.31. The second-order valence-electron chi connectivity index (χ2n) is 8.11. The summed E-state index contributed by atoms with van der Waals surface area (Å²) in [5.41, 5.74) is 3.46. The van der Waals surface area contributed by atoms with Crippen LogP contribution in [0.25, 0.3) is 0 Å². The molecule has 0 amide bonds. The summed E-state index contributed by atoms with van der Waals surface area (Å²) in [6.45, 7) is 19.1. The van der Waals surface area contributed by atoms with Gasteiger partial charge in [0.25, 0.3) is 0 Å². The Hall–Kier alpha value is -1.05. The zero-order valence-electron chi connectivity index (χ0n) is 15.0. The summed E-state index contributed by atoms with van der Waals surface area (Å²) in [5, 5.41) is 10.5. The molecule has 0 spiro atoms. The molecule has 0 fully saturated rings. The van der Waals surface area contributed by atoms with Gasteiger partial charge in [0.2, 0.25) is 0 Å². The van der Waals surface area contributed by atoms with E-state index in [1.54, 1.807) is 20.0 Å². The molecule has 1 N–H and O–H groups in total. The van der Waals surface area contributed by atoms with Gasteiger partial charge in [-0.25, -0.2) is 4.98 Å². The molecule has 0 aromatic carbocycles. The normalized spacial score (nSPS) is 13.3. The molecule has 118 valence electrons. The highest BCUT2D eigenvalue weighted by Gasteiger charge is 2.34. The van der Waals surface area contributed by atoms with Gasteiger partial charge < -0.3 is 9.67 Å². The quantitative estimate of drug-likeness (QED) is 0.660. The van der Waals surface area contributed by atoms with Crippen LogP contribution < -0.4 is 0 Å². The van der Waals surface area contributed by atoms with Gasteiger partial charge in [-0.1, -0.05) is 39.8 Å². The lowest BCUT2D eigenvalue weighted by molar-refractivity contribution is 0.0635. The Bertz CT molecular complexity index is 560. The van der Waals surface area contributed by atoms with Crippen molar-refractivity contribution in [2.24, 2.45) is 0 Å². The Labute approximate surface area is 130 Å². The average Bonchev–Trinajstić information content (AvgIpc) is 2.68. The van der Waals surface area contributed by atoms with Crippen LogP contribution in [0.4, 0.5) is 0 Å². The minimum Gasteiger partial charge on any atom is -0.383 e. The smallest absolute Gasteiger partial charge is 0.141 e. The van der Waals surface area contributed by atoms with Crippen LogP contribution in [0.1, 0.15) is 66.0 Å². The molecule has 0 radical (unpaired) electrons. The Kier molecular flexibility index (Phi) is 4.82. The highest BCUT2D eigenvalue weighted by molar-refractivity contribution is 6.87. The van der Waals surface area contributed by atoms with Gasteiger partial charge in [-0.3, -0.25) is 0 Å². The van der Waals surface area contributed by atoms with Crippen molar-refractivity contribution in [2.45, 2.75) is 78.2 Å². The first-order valence-corrected chi connectivity index (χ1v) is 10.6. The first kappa shape index (κ1) is 18.0. The Morgan fingerprint density at radius 2 is 1.71 bits per heavy atom. The molecule has 0 aliphatic heterocycles. The van der Waals surface area contributed by atoms with Gasteiger partial charge >= 0.3 is 0 Å². The van der Waals surface area contributed by atoms with E-state index in [4.69, 9.17) is 0 Å². The molecule has 4 heteroatoms. The van der Waals surface area contributed by atoms with E-state index >= 15 is 0 Å². The van der Waals surface area contributed by atoms with Gasteiger partial charge in [0.1, 0.15) is 25.2 Å². The zero-order valence-corrected chi connectivity index (χ0v) is 16.0. The van der Waals surface area contributed by atoms with E-state index < -0.39 is 13.7 Å². The monoisotopic (exact) mass is 306 g/mol. The molecule has 21 heavy (non-hydrogen) atoms. The highest BCUT2D eigenvalue weighted by atomic mass is 28.3. The molecule has 0 atom stereocenters. The Morgan fingerprint density at radius 1 is 1.19 bits per heavy atom. The first-order chi connectivity index (χ1) is 9.27. The number of hydrogen-bond acceptors (Lipinski definition) is 2. The largest absolute Gasteiger partial charge is 0.383 e. The van der Waals surface area contributed by atoms with Crippen LogP contribution in [-0.4, -0.2) is 22.7 Å². The van der Waals surface area contributed by atoms with E-state index in [1.807, 2.05) is 4.57 Å². The number of aliphatic hydroxyl groups is 1. The van der Waals surface area contributed by atoms with E-state index in [2.05, 4.69) is 64.2 Å². The fourth-order valence-corrected chi connectivity index (χ4v) is 2.65. The van der Waals surface area contributed by atoms with Gasteiger partial charge in [0.15, 0.2) is 0 Å². The van der Waals surface area contributed by atoms with Crippen molar-refractivity contribution in [3.63, 3.8) is 0 Å². The van der Waals surface area contributed by atoms with E-state index in [-0.39, 0.29) is 11.1 Å². The number of hydrogen-bond donors (Lipinski definition) is 1. The van der Waals surface area contributed by atoms with E-state index in [0.29, 0.717) is 5.82 Å². The first-order valence-electron chi connectivity index (χ1n) is 7.60. The summed E-state index contributed by atoms with van der Waals surface area (Å²) in [7, 11) is -1.65. The fraction of sp³-hybridized carbons (Fsp3) is 0.706. The van der Waals surface area contributed by atoms with Crippen molar-refractivity contribution in [2.75, 3.05) is 0 Å². The molecule has 1 rings (SSSR count). The summed E-state index contributed by atoms with van der Waals surface area (Å²) in [5.74, 6) is 4.01. The van der Waals surface area contributed by atoms with Crippen LogP contribution >= 0.6 is 0 Å². The highest BCUT2D eigenvalue weighted by Crippen LogP contribution is 2.35. The number of rotatable bonds is 2. The predicted octanol–water partition coefficient (Wildman–Crippen LogP) is 4.09. The summed E-state index contributed by atoms with van der Waals surface area (Å²) in [4.78, 5) is 4.40. The van der Waals surface area contributed by atoms with Gasteiger partial charge in [-0.2, -0.15) is 0 Å². The molecule has 0 unspecified atom stereocenters. The fourth-order valence-electron chi connectivity index (χ4n) is 1.84. The van der Waals surface area contributed by atoms with Crippen molar-refractivity contribution >= 4 is 8.07 Å². The molecule has 0 aliphatic carbocycles. The van der Waals surface area contributed by atoms with Crippen molar-refractivity contribution in [1.29, 1.82) is 0 Å². The van der Waals surface area contributed by atoms with Gasteiger partial charge in [-0.15, -0.1) is 5.54 Å². The molecule has 1 aromatic heterocycles. The summed E-state index contributed by atoms with van der Waals surface area (Å²) < 4.78 is 2.04. The molecule has 0 aliphatic rings. The third kappa shape index (κ3) is 3.99. The minimum atomic E-state index is -1.65. The summed E-state index contributed by atoms with van der Waals surface area (Å²) in [6, 6.07) is 0.220. The maximum atomic E-state index is 10.3. The lowest BCUT2D eigenvalue weighted by Crippen LogP contribution is -2.35. The third-order valence-corrected chi connectivity index (χ3v) is 8.74. The number of aromatic nitrogens is 2. The van der Waals surface area contributed by atoms with E-state index in [0.717, 1.165) is 5.69 Å². The SMILES string of the molecule is CC(C)n1c(C#C[Si](C)(C)C(C)(C)C)cnc1C(C)(C)O. The van der Waals surface area contributed by atoms with Crippen molar-refractivity contribution < 1.29 is 5.11 Å². The van der Waals surface area contributed by atoms with Crippen LogP contribution in [0.3, 0.4) is 0 Å². The Balaban J connectivity index is 3.33. The summed E-state index contributed by atoms with van der Waals surface area (Å²) >= 11 is 0. The van der Waals surface area contributed by atoms with Crippen molar-refractivity contribution in [1.82, 2.24) is 9.55 Å². The van der Waals surface area contributed by atoms with E-state index in [1.165, 1.54) is 0 Å². The maximum Gasteiger partial charge on any atom is 0.141 e. The maximum absolute atomic E-state index is 10.3. The van der Waals surface area contributed by atoms with Gasteiger partial charge in [0, 0.05) is 6.04 Å². The van der Waals surface area contributed by atoms with Crippen LogP contribution in [-0.2, 0) is 5.60 Å². The van der Waals surface area contributed by atoms with Crippen molar-refractivity contribution in [3.8, 4) is 11.5 Å². The lowest BCUT2D eigenvalue weighted by atomic mass is 10.1. The van der Waals surface area contributed by atoms with Crippen LogP contribution in [0.5, 0.6) is 0 Å². The standard InChI is InChI=1S/C17H30N2OSi/c1-13(2)19-14(12-18-15(19)17(6,7)20)10-11-21(8,9)16(3,4)5/h12-13,20H,1-9H3. The van der Waals surface area contributed by atoms with Crippen LogP contribution in [0.2, 0.25) is 18.1 Å². The second-order valence-corrected chi connectivity index (χ2v) is 13.1. The molecule has 0 saturated carbocycles. The molecular weight excluding hydrogens is 276 g/mol. The second kappa shape index (κ2) is 5.62. The predicted molar refractivity (Wildman–Crippen MR) is 91.9 cm³/mol. The van der Waals surface area contributed by atoms with Gasteiger partial charge in [0.05, 0.1) is 6.20 Å². The number of imidazole rings is 1. The average molecular weight is 307 g/mol. The van der Waals surface area contributed by atoms with Crippen molar-refractivity contribution in [3.05, 3.63) is 17.7 Å². The minimum absolute atomic E-state index is 0.220. The topological polar surface area (TPSA) is 38.0 Å². The molecule has 0 saturated heterocycles. The molecule has 0 bridgehead atoms. The number of nitrogens with zero attached hydrogens (tertiary/aromatic N) is 2. The Morgan fingerprint density at radius 3 is 2.10 bits per heavy atom. The molecule has 1 aromatic rings. The molecular formula is C17H30N2OSi. The van der Waals surface area contributed by atoms with Gasteiger partial charge in [-0.05, 0) is 32.7 Å². The zero-order chi connectivity index (χ0) is 16.6.